The molecule has 0 radical (unpaired) electrons. The molecular weight excluding hydrogens is 236 g/mol. The Balaban J connectivity index is 2.12. The van der Waals surface area contributed by atoms with Crippen molar-refractivity contribution in [3.8, 4) is 0 Å². The average Bonchev–Trinajstić information content (AvgIpc) is 2.38. The van der Waals surface area contributed by atoms with Crippen LogP contribution in [0, 0.1) is 0 Å². The van der Waals surface area contributed by atoms with Gasteiger partial charge >= 0.3 is 0 Å². The zero-order valence-corrected chi connectivity index (χ0v) is 10.7. The number of anilines is 1. The maximum Gasteiger partial charge on any atom is 0.225 e. The molecule has 2 N–H and O–H groups in total. The third-order valence-corrected chi connectivity index (χ3v) is 3.44. The van der Waals surface area contributed by atoms with E-state index in [4.69, 9.17) is 17.3 Å². The van der Waals surface area contributed by atoms with Gasteiger partial charge in [-0.3, -0.25) is 0 Å². The highest BCUT2D eigenvalue weighted by Crippen LogP contribution is 2.25. The van der Waals surface area contributed by atoms with Crippen LogP contribution in [0.4, 0.5) is 5.95 Å². The molecule has 0 unspecified atom stereocenters. The number of hydrogen-bond donors (Lipinski definition) is 1. The van der Waals surface area contributed by atoms with Gasteiger partial charge in [0.15, 0.2) is 0 Å². The summed E-state index contributed by atoms with van der Waals surface area (Å²) < 4.78 is 0. The summed E-state index contributed by atoms with van der Waals surface area (Å²) in [6.45, 7) is 1.44. The lowest BCUT2D eigenvalue weighted by molar-refractivity contribution is 0.412. The summed E-state index contributed by atoms with van der Waals surface area (Å²) in [5, 5.41) is 0.574. The van der Waals surface area contributed by atoms with E-state index in [0.717, 1.165) is 12.5 Å². The molecule has 17 heavy (non-hydrogen) atoms. The lowest BCUT2D eigenvalue weighted by Crippen LogP contribution is -2.41. The van der Waals surface area contributed by atoms with Crippen molar-refractivity contribution >= 4 is 17.5 Å². The van der Waals surface area contributed by atoms with Gasteiger partial charge in [-0.2, -0.15) is 0 Å². The first-order chi connectivity index (χ1) is 8.31. The monoisotopic (exact) mass is 254 g/mol. The molecule has 0 bridgehead atoms. The minimum absolute atomic E-state index is 0.536. The fourth-order valence-electron chi connectivity index (χ4n) is 2.43. The van der Waals surface area contributed by atoms with Crippen LogP contribution in [0.3, 0.4) is 0 Å². The molecule has 0 aromatic carbocycles. The molecule has 0 atom stereocenters. The van der Waals surface area contributed by atoms with Crippen molar-refractivity contribution in [2.24, 2.45) is 5.73 Å². The smallest absolute Gasteiger partial charge is 0.225 e. The largest absolute Gasteiger partial charge is 0.337 e. The van der Waals surface area contributed by atoms with E-state index < -0.39 is 0 Å². The van der Waals surface area contributed by atoms with Crippen LogP contribution >= 0.6 is 11.6 Å². The highest BCUT2D eigenvalue weighted by atomic mass is 35.5. The van der Waals surface area contributed by atoms with Gasteiger partial charge in [0.2, 0.25) is 5.95 Å². The van der Waals surface area contributed by atoms with Gasteiger partial charge in [-0.25, -0.2) is 9.97 Å². The van der Waals surface area contributed by atoms with Crippen molar-refractivity contribution in [1.29, 1.82) is 0 Å². The fourth-order valence-corrected chi connectivity index (χ4v) is 2.53. The number of rotatable bonds is 4. The van der Waals surface area contributed by atoms with E-state index in [9.17, 15) is 0 Å². The van der Waals surface area contributed by atoms with Gasteiger partial charge in [-0.05, 0) is 12.8 Å². The zero-order valence-electron chi connectivity index (χ0n) is 9.98. The van der Waals surface area contributed by atoms with E-state index in [2.05, 4.69) is 14.9 Å². The Morgan fingerprint density at radius 3 is 2.47 bits per heavy atom. The first-order valence-electron chi connectivity index (χ1n) is 6.25. The average molecular weight is 255 g/mol. The normalized spacial score (nSPS) is 17.1. The van der Waals surface area contributed by atoms with Crippen LogP contribution in [-0.4, -0.2) is 29.1 Å². The van der Waals surface area contributed by atoms with Gasteiger partial charge in [0.1, 0.15) is 0 Å². The molecule has 1 saturated carbocycles. The second kappa shape index (κ2) is 6.17. The summed E-state index contributed by atoms with van der Waals surface area (Å²) in [7, 11) is 0. The highest BCUT2D eigenvalue weighted by Gasteiger charge is 2.22. The van der Waals surface area contributed by atoms with E-state index in [1.54, 1.807) is 12.4 Å². The highest BCUT2D eigenvalue weighted by molar-refractivity contribution is 6.30. The molecule has 1 heterocycles. The summed E-state index contributed by atoms with van der Waals surface area (Å²) in [6, 6.07) is 0.536. The third-order valence-electron chi connectivity index (χ3n) is 3.25. The van der Waals surface area contributed by atoms with Crippen LogP contribution in [0.5, 0.6) is 0 Å². The van der Waals surface area contributed by atoms with Crippen LogP contribution in [0.25, 0.3) is 0 Å². The SMILES string of the molecule is NCCN(c1ncc(Cl)cn1)C1CCCCC1. The lowest BCUT2D eigenvalue weighted by atomic mass is 9.94. The Kier molecular flexibility index (Phi) is 4.57. The molecule has 0 saturated heterocycles. The predicted octanol–water partition coefficient (Wildman–Crippen LogP) is 2.23. The van der Waals surface area contributed by atoms with Crippen LogP contribution in [0.15, 0.2) is 12.4 Å². The van der Waals surface area contributed by atoms with E-state index >= 15 is 0 Å². The number of halogens is 1. The maximum absolute atomic E-state index is 5.81. The Bertz CT molecular complexity index is 335. The summed E-state index contributed by atoms with van der Waals surface area (Å²) in [5.41, 5.74) is 5.68. The minimum Gasteiger partial charge on any atom is -0.337 e. The molecule has 94 valence electrons. The summed E-state index contributed by atoms with van der Waals surface area (Å²) in [4.78, 5) is 10.8. The van der Waals surface area contributed by atoms with Gasteiger partial charge in [0.25, 0.3) is 0 Å². The van der Waals surface area contributed by atoms with E-state index in [1.807, 2.05) is 0 Å². The number of nitrogens with two attached hydrogens (primary N) is 1. The fraction of sp³-hybridized carbons (Fsp3) is 0.667. The molecule has 0 amide bonds. The first-order valence-corrected chi connectivity index (χ1v) is 6.63. The molecule has 0 spiro atoms. The molecule has 2 rings (SSSR count). The van der Waals surface area contributed by atoms with Crippen molar-refractivity contribution < 1.29 is 0 Å². The second-order valence-electron chi connectivity index (χ2n) is 4.48. The van der Waals surface area contributed by atoms with Crippen molar-refractivity contribution in [2.45, 2.75) is 38.1 Å². The number of aromatic nitrogens is 2. The molecule has 0 aliphatic heterocycles. The quantitative estimate of drug-likeness (QED) is 0.895. The molecule has 1 aliphatic rings. The Labute approximate surface area is 107 Å². The van der Waals surface area contributed by atoms with Gasteiger partial charge in [0.05, 0.1) is 17.4 Å². The van der Waals surface area contributed by atoms with Gasteiger partial charge in [-0.1, -0.05) is 30.9 Å². The Morgan fingerprint density at radius 1 is 1.24 bits per heavy atom. The molecule has 5 heteroatoms. The number of hydrogen-bond acceptors (Lipinski definition) is 4. The molecule has 1 aliphatic carbocycles. The molecule has 1 fully saturated rings. The van der Waals surface area contributed by atoms with Crippen LogP contribution in [0.1, 0.15) is 32.1 Å². The Morgan fingerprint density at radius 2 is 1.88 bits per heavy atom. The molecule has 1 aromatic heterocycles. The van der Waals surface area contributed by atoms with Crippen molar-refractivity contribution in [3.63, 3.8) is 0 Å². The number of nitrogens with zero attached hydrogens (tertiary/aromatic N) is 3. The summed E-state index contributed by atoms with van der Waals surface area (Å²) in [6.07, 6.45) is 9.65. The Hall–Kier alpha value is -0.870. The first kappa shape index (κ1) is 12.6. The zero-order chi connectivity index (χ0) is 12.1. The molecular formula is C12H19ClN4. The van der Waals surface area contributed by atoms with Crippen LogP contribution in [-0.2, 0) is 0 Å². The van der Waals surface area contributed by atoms with Crippen molar-refractivity contribution in [3.05, 3.63) is 17.4 Å². The summed E-state index contributed by atoms with van der Waals surface area (Å²) in [5.74, 6) is 0.756. The van der Waals surface area contributed by atoms with E-state index in [1.165, 1.54) is 32.1 Å². The van der Waals surface area contributed by atoms with Crippen molar-refractivity contribution in [1.82, 2.24) is 9.97 Å². The minimum atomic E-state index is 0.536. The van der Waals surface area contributed by atoms with E-state index in [-0.39, 0.29) is 0 Å². The van der Waals surface area contributed by atoms with Gasteiger partial charge in [0, 0.05) is 19.1 Å². The topological polar surface area (TPSA) is 55.0 Å². The maximum atomic E-state index is 5.81. The second-order valence-corrected chi connectivity index (χ2v) is 4.91. The molecule has 1 aromatic rings. The predicted molar refractivity (Wildman–Crippen MR) is 70.3 cm³/mol. The van der Waals surface area contributed by atoms with Crippen molar-refractivity contribution in [2.75, 3.05) is 18.0 Å². The van der Waals surface area contributed by atoms with Crippen LogP contribution in [0.2, 0.25) is 5.02 Å². The van der Waals surface area contributed by atoms with Gasteiger partial charge in [-0.15, -0.1) is 0 Å². The third kappa shape index (κ3) is 3.30. The standard InChI is InChI=1S/C12H19ClN4/c13-10-8-15-12(16-9-10)17(7-6-14)11-4-2-1-3-5-11/h8-9,11H,1-7,14H2. The van der Waals surface area contributed by atoms with Crippen LogP contribution < -0.4 is 10.6 Å². The summed E-state index contributed by atoms with van der Waals surface area (Å²) >= 11 is 5.81. The lowest BCUT2D eigenvalue weighted by Gasteiger charge is -2.34. The van der Waals surface area contributed by atoms with Gasteiger partial charge < -0.3 is 10.6 Å². The van der Waals surface area contributed by atoms with E-state index in [0.29, 0.717) is 17.6 Å². The molecule has 4 nitrogen and oxygen atoms in total.